The molecule has 0 unspecified atom stereocenters. The molecule has 5 nitrogen and oxygen atoms in total. The first-order valence-corrected chi connectivity index (χ1v) is 4.90. The highest BCUT2D eigenvalue weighted by Crippen LogP contribution is 2.07. The summed E-state index contributed by atoms with van der Waals surface area (Å²) < 4.78 is 4.44. The summed E-state index contributed by atoms with van der Waals surface area (Å²) in [5, 5.41) is 2.65. The summed E-state index contributed by atoms with van der Waals surface area (Å²) in [5.74, 6) is -0.615. The summed E-state index contributed by atoms with van der Waals surface area (Å²) >= 11 is 0. The molecule has 1 rings (SSSR count). The molecule has 0 fully saturated rings. The van der Waals surface area contributed by atoms with Crippen molar-refractivity contribution < 1.29 is 14.3 Å². The predicted octanol–water partition coefficient (Wildman–Crippen LogP) is 1.28. The summed E-state index contributed by atoms with van der Waals surface area (Å²) in [7, 11) is 1.30. The highest BCUT2D eigenvalue weighted by Gasteiger charge is 2.07. The molecular weight excluding hydrogens is 208 g/mol. The first kappa shape index (κ1) is 12.2. The number of amides is 1. The van der Waals surface area contributed by atoms with Gasteiger partial charge in [0.15, 0.2) is 0 Å². The standard InChI is InChI=1S/C11H14N2O3/c1-8-5-9(7-12-6-8)13-10(14)3-4-11(15)16-2/h5-7H,3-4H2,1-2H3,(H,13,14). The molecule has 0 bridgehead atoms. The van der Waals surface area contributed by atoms with E-state index in [2.05, 4.69) is 15.0 Å². The van der Waals surface area contributed by atoms with E-state index >= 15 is 0 Å². The van der Waals surface area contributed by atoms with Gasteiger partial charge >= 0.3 is 5.97 Å². The van der Waals surface area contributed by atoms with Gasteiger partial charge in [0.1, 0.15) is 0 Å². The van der Waals surface area contributed by atoms with Crippen molar-refractivity contribution in [3.63, 3.8) is 0 Å². The Morgan fingerprint density at radius 3 is 2.75 bits per heavy atom. The van der Waals surface area contributed by atoms with Crippen LogP contribution in [0.15, 0.2) is 18.5 Å². The molecular formula is C11H14N2O3. The van der Waals surface area contributed by atoms with Crippen LogP contribution in [0, 0.1) is 6.92 Å². The Kier molecular flexibility index (Phi) is 4.44. The highest BCUT2D eigenvalue weighted by atomic mass is 16.5. The Hall–Kier alpha value is -1.91. The van der Waals surface area contributed by atoms with Crippen molar-refractivity contribution in [1.29, 1.82) is 0 Å². The van der Waals surface area contributed by atoms with Gasteiger partial charge in [0.05, 0.1) is 25.4 Å². The van der Waals surface area contributed by atoms with Crippen LogP contribution >= 0.6 is 0 Å². The minimum atomic E-state index is -0.391. The van der Waals surface area contributed by atoms with E-state index in [9.17, 15) is 9.59 Å². The molecule has 5 heteroatoms. The summed E-state index contributed by atoms with van der Waals surface area (Å²) in [6.45, 7) is 1.89. The smallest absolute Gasteiger partial charge is 0.306 e. The Labute approximate surface area is 93.8 Å². The van der Waals surface area contributed by atoms with E-state index in [0.29, 0.717) is 5.69 Å². The van der Waals surface area contributed by atoms with Crippen molar-refractivity contribution in [3.8, 4) is 0 Å². The molecule has 0 aliphatic rings. The molecule has 0 spiro atoms. The minimum Gasteiger partial charge on any atom is -0.469 e. The van der Waals surface area contributed by atoms with Gasteiger partial charge in [-0.15, -0.1) is 0 Å². The lowest BCUT2D eigenvalue weighted by Gasteiger charge is -2.04. The normalized spacial score (nSPS) is 9.62. The molecule has 1 amide bonds. The Morgan fingerprint density at radius 1 is 1.38 bits per heavy atom. The molecule has 1 aromatic rings. The number of aromatic nitrogens is 1. The zero-order valence-electron chi connectivity index (χ0n) is 9.32. The summed E-state index contributed by atoms with van der Waals surface area (Å²) in [5.41, 5.74) is 1.60. The lowest BCUT2D eigenvalue weighted by molar-refractivity contribution is -0.141. The summed E-state index contributed by atoms with van der Waals surface area (Å²) in [6.07, 6.45) is 3.45. The van der Waals surface area contributed by atoms with Gasteiger partial charge in [-0.25, -0.2) is 0 Å². The van der Waals surface area contributed by atoms with Gasteiger partial charge in [0.25, 0.3) is 0 Å². The second kappa shape index (κ2) is 5.85. The van der Waals surface area contributed by atoms with Crippen LogP contribution in [0.4, 0.5) is 5.69 Å². The second-order valence-corrected chi connectivity index (χ2v) is 3.38. The molecule has 0 radical (unpaired) electrons. The predicted molar refractivity (Wildman–Crippen MR) is 58.9 cm³/mol. The molecule has 0 aromatic carbocycles. The number of carbonyl (C=O) groups is 2. The molecule has 1 aromatic heterocycles. The maximum atomic E-state index is 11.4. The van der Waals surface area contributed by atoms with Crippen molar-refractivity contribution >= 4 is 17.6 Å². The highest BCUT2D eigenvalue weighted by molar-refractivity contribution is 5.92. The molecule has 0 aliphatic carbocycles. The second-order valence-electron chi connectivity index (χ2n) is 3.38. The zero-order valence-corrected chi connectivity index (χ0v) is 9.32. The largest absolute Gasteiger partial charge is 0.469 e. The van der Waals surface area contributed by atoms with Gasteiger partial charge in [0, 0.05) is 12.6 Å². The average Bonchev–Trinajstić information content (AvgIpc) is 2.26. The van der Waals surface area contributed by atoms with Crippen LogP contribution in [0.1, 0.15) is 18.4 Å². The molecule has 86 valence electrons. The fourth-order valence-corrected chi connectivity index (χ4v) is 1.16. The molecule has 0 saturated heterocycles. The van der Waals surface area contributed by atoms with E-state index in [4.69, 9.17) is 0 Å². The number of methoxy groups -OCH3 is 1. The van der Waals surface area contributed by atoms with Crippen LogP contribution in [-0.2, 0) is 14.3 Å². The Morgan fingerprint density at radius 2 is 2.12 bits per heavy atom. The van der Waals surface area contributed by atoms with Gasteiger partial charge in [0.2, 0.25) is 5.91 Å². The number of pyridine rings is 1. The zero-order chi connectivity index (χ0) is 12.0. The van der Waals surface area contributed by atoms with E-state index in [1.54, 1.807) is 12.4 Å². The minimum absolute atomic E-state index is 0.0849. The Balaban J connectivity index is 2.43. The SMILES string of the molecule is COC(=O)CCC(=O)Nc1cncc(C)c1. The number of nitrogens with one attached hydrogen (secondary N) is 1. The number of hydrogen-bond donors (Lipinski definition) is 1. The third-order valence-electron chi connectivity index (χ3n) is 1.94. The topological polar surface area (TPSA) is 68.3 Å². The van der Waals surface area contributed by atoms with E-state index in [1.807, 2.05) is 13.0 Å². The van der Waals surface area contributed by atoms with Crippen LogP contribution in [0.2, 0.25) is 0 Å². The molecule has 16 heavy (non-hydrogen) atoms. The fraction of sp³-hybridized carbons (Fsp3) is 0.364. The monoisotopic (exact) mass is 222 g/mol. The number of esters is 1. The third-order valence-corrected chi connectivity index (χ3v) is 1.94. The summed E-state index contributed by atoms with van der Waals surface area (Å²) in [6, 6.07) is 1.81. The van der Waals surface area contributed by atoms with Gasteiger partial charge in [-0.1, -0.05) is 0 Å². The lowest BCUT2D eigenvalue weighted by Crippen LogP contribution is -2.14. The number of ether oxygens (including phenoxy) is 1. The number of carbonyl (C=O) groups excluding carboxylic acids is 2. The number of rotatable bonds is 4. The van der Waals surface area contributed by atoms with Crippen LogP contribution < -0.4 is 5.32 Å². The maximum absolute atomic E-state index is 11.4. The van der Waals surface area contributed by atoms with E-state index in [-0.39, 0.29) is 18.7 Å². The number of hydrogen-bond acceptors (Lipinski definition) is 4. The number of aryl methyl sites for hydroxylation is 1. The first-order valence-electron chi connectivity index (χ1n) is 4.90. The molecule has 0 saturated carbocycles. The first-order chi connectivity index (χ1) is 7.61. The van der Waals surface area contributed by atoms with Gasteiger partial charge in [-0.3, -0.25) is 14.6 Å². The van der Waals surface area contributed by atoms with Gasteiger partial charge in [-0.05, 0) is 18.6 Å². The molecule has 1 N–H and O–H groups in total. The maximum Gasteiger partial charge on any atom is 0.306 e. The lowest BCUT2D eigenvalue weighted by atomic mass is 10.2. The average molecular weight is 222 g/mol. The van der Waals surface area contributed by atoms with Gasteiger partial charge < -0.3 is 10.1 Å². The van der Waals surface area contributed by atoms with Crippen LogP contribution in [0.5, 0.6) is 0 Å². The quantitative estimate of drug-likeness (QED) is 0.779. The van der Waals surface area contributed by atoms with Crippen molar-refractivity contribution in [1.82, 2.24) is 4.98 Å². The molecule has 1 heterocycles. The number of nitrogens with zero attached hydrogens (tertiary/aromatic N) is 1. The van der Waals surface area contributed by atoms with Crippen molar-refractivity contribution in [2.24, 2.45) is 0 Å². The van der Waals surface area contributed by atoms with Crippen molar-refractivity contribution in [2.75, 3.05) is 12.4 Å². The van der Waals surface area contributed by atoms with Crippen LogP contribution in [-0.4, -0.2) is 24.0 Å². The van der Waals surface area contributed by atoms with Crippen LogP contribution in [0.25, 0.3) is 0 Å². The molecule has 0 atom stereocenters. The molecule has 0 aliphatic heterocycles. The summed E-state index contributed by atoms with van der Waals surface area (Å²) in [4.78, 5) is 26.1. The van der Waals surface area contributed by atoms with Crippen LogP contribution in [0.3, 0.4) is 0 Å². The number of anilines is 1. The van der Waals surface area contributed by atoms with E-state index in [1.165, 1.54) is 7.11 Å². The fourth-order valence-electron chi connectivity index (χ4n) is 1.16. The van der Waals surface area contributed by atoms with E-state index < -0.39 is 5.97 Å². The Bertz CT molecular complexity index is 391. The van der Waals surface area contributed by atoms with Crippen molar-refractivity contribution in [3.05, 3.63) is 24.0 Å². The third kappa shape index (κ3) is 4.08. The van der Waals surface area contributed by atoms with Gasteiger partial charge in [-0.2, -0.15) is 0 Å². The van der Waals surface area contributed by atoms with E-state index in [0.717, 1.165) is 5.56 Å². The van der Waals surface area contributed by atoms with Crippen molar-refractivity contribution in [2.45, 2.75) is 19.8 Å².